The van der Waals surface area contributed by atoms with E-state index in [9.17, 15) is 0 Å². The molecule has 4 nitrogen and oxygen atoms in total. The van der Waals surface area contributed by atoms with Crippen molar-refractivity contribution in [3.8, 4) is 5.88 Å². The Balaban J connectivity index is 3.01. The van der Waals surface area contributed by atoms with Crippen molar-refractivity contribution in [2.24, 2.45) is 0 Å². The van der Waals surface area contributed by atoms with E-state index in [1.807, 2.05) is 13.0 Å². The van der Waals surface area contributed by atoms with Crippen LogP contribution in [0.4, 0.5) is 5.82 Å². The first kappa shape index (κ1) is 13.7. The van der Waals surface area contributed by atoms with Crippen molar-refractivity contribution in [3.05, 3.63) is 11.9 Å². The minimum Gasteiger partial charge on any atom is -0.478 e. The highest BCUT2D eigenvalue weighted by atomic mass is 16.5. The van der Waals surface area contributed by atoms with E-state index in [1.54, 1.807) is 0 Å². The predicted molar refractivity (Wildman–Crippen MR) is 70.7 cm³/mol. The number of ether oxygens (including phenoxy) is 1. The van der Waals surface area contributed by atoms with Crippen LogP contribution in [0.15, 0.2) is 6.07 Å². The van der Waals surface area contributed by atoms with Crippen molar-refractivity contribution in [2.75, 3.05) is 18.5 Å². The molecule has 1 aromatic heterocycles. The predicted octanol–water partition coefficient (Wildman–Crippen LogP) is 2.99. The molecule has 1 rings (SSSR count). The number of anilines is 1. The Morgan fingerprint density at radius 3 is 2.47 bits per heavy atom. The van der Waals surface area contributed by atoms with E-state index < -0.39 is 0 Å². The van der Waals surface area contributed by atoms with Gasteiger partial charge in [-0.3, -0.25) is 0 Å². The first-order chi connectivity index (χ1) is 7.97. The molecular weight excluding hydrogens is 214 g/mol. The molecule has 1 heterocycles. The fraction of sp³-hybridized carbons (Fsp3) is 0.692. The molecule has 0 aliphatic heterocycles. The lowest BCUT2D eigenvalue weighted by molar-refractivity contribution is 0.322. The third kappa shape index (κ3) is 4.21. The minimum atomic E-state index is -0.0737. The largest absolute Gasteiger partial charge is 0.478 e. The van der Waals surface area contributed by atoms with Crippen LogP contribution in [0.2, 0.25) is 0 Å². The van der Waals surface area contributed by atoms with E-state index >= 15 is 0 Å². The lowest BCUT2D eigenvalue weighted by atomic mass is 9.96. The first-order valence-corrected chi connectivity index (χ1v) is 6.23. The van der Waals surface area contributed by atoms with Crippen LogP contribution in [0.5, 0.6) is 5.88 Å². The molecule has 0 radical (unpaired) electrons. The van der Waals surface area contributed by atoms with Gasteiger partial charge in [0.15, 0.2) is 0 Å². The van der Waals surface area contributed by atoms with Crippen molar-refractivity contribution < 1.29 is 4.74 Å². The number of aromatic nitrogens is 2. The van der Waals surface area contributed by atoms with E-state index in [2.05, 4.69) is 43.0 Å². The van der Waals surface area contributed by atoms with Gasteiger partial charge in [0.05, 0.1) is 6.61 Å². The topological polar surface area (TPSA) is 47.0 Å². The van der Waals surface area contributed by atoms with Gasteiger partial charge in [-0.05, 0) is 13.3 Å². The highest BCUT2D eigenvalue weighted by molar-refractivity contribution is 5.39. The van der Waals surface area contributed by atoms with Gasteiger partial charge in [0, 0.05) is 18.0 Å². The van der Waals surface area contributed by atoms with Crippen LogP contribution in [0.25, 0.3) is 0 Å². The van der Waals surface area contributed by atoms with Gasteiger partial charge in [-0.1, -0.05) is 27.7 Å². The molecule has 1 aromatic rings. The maximum Gasteiger partial charge on any atom is 0.218 e. The van der Waals surface area contributed by atoms with Gasteiger partial charge >= 0.3 is 0 Å². The molecule has 0 saturated heterocycles. The minimum absolute atomic E-state index is 0.0737. The lowest BCUT2D eigenvalue weighted by Gasteiger charge is -2.18. The summed E-state index contributed by atoms with van der Waals surface area (Å²) in [5.74, 6) is 2.29. The summed E-state index contributed by atoms with van der Waals surface area (Å²) in [5.41, 5.74) is -0.0737. The Kier molecular flexibility index (Phi) is 4.73. The third-order valence-electron chi connectivity index (χ3n) is 2.22. The molecule has 0 saturated carbocycles. The Hall–Kier alpha value is -1.32. The highest BCUT2D eigenvalue weighted by Gasteiger charge is 2.19. The smallest absolute Gasteiger partial charge is 0.218 e. The average Bonchev–Trinajstić information content (AvgIpc) is 2.25. The molecule has 0 aliphatic carbocycles. The third-order valence-corrected chi connectivity index (χ3v) is 2.22. The van der Waals surface area contributed by atoms with Crippen LogP contribution >= 0.6 is 0 Å². The number of hydrogen-bond acceptors (Lipinski definition) is 4. The zero-order chi connectivity index (χ0) is 12.9. The van der Waals surface area contributed by atoms with Gasteiger partial charge in [-0.15, -0.1) is 0 Å². The summed E-state index contributed by atoms with van der Waals surface area (Å²) >= 11 is 0. The zero-order valence-corrected chi connectivity index (χ0v) is 11.5. The van der Waals surface area contributed by atoms with E-state index in [1.165, 1.54) is 0 Å². The maximum absolute atomic E-state index is 5.47. The van der Waals surface area contributed by atoms with Crippen LogP contribution < -0.4 is 10.1 Å². The maximum atomic E-state index is 5.47. The fourth-order valence-electron chi connectivity index (χ4n) is 1.33. The van der Waals surface area contributed by atoms with Crippen LogP contribution in [-0.2, 0) is 5.41 Å². The Bertz CT molecular complexity index is 358. The second-order valence-corrected chi connectivity index (χ2v) is 5.02. The number of nitrogens with zero attached hydrogens (tertiary/aromatic N) is 2. The molecule has 0 spiro atoms. The number of hydrogen-bond donors (Lipinski definition) is 1. The van der Waals surface area contributed by atoms with Gasteiger partial charge < -0.3 is 10.1 Å². The van der Waals surface area contributed by atoms with Crippen molar-refractivity contribution >= 4 is 5.82 Å². The average molecular weight is 237 g/mol. The normalized spacial score (nSPS) is 11.4. The SMILES string of the molecule is CCCNc1cc(OCC)nc(C(C)(C)C)n1. The molecule has 0 unspecified atom stereocenters. The Morgan fingerprint density at radius 2 is 1.94 bits per heavy atom. The molecular formula is C13H23N3O. The summed E-state index contributed by atoms with van der Waals surface area (Å²) < 4.78 is 5.47. The Morgan fingerprint density at radius 1 is 1.24 bits per heavy atom. The van der Waals surface area contributed by atoms with Gasteiger partial charge in [0.1, 0.15) is 11.6 Å². The summed E-state index contributed by atoms with van der Waals surface area (Å²) in [6, 6.07) is 1.86. The molecule has 1 N–H and O–H groups in total. The summed E-state index contributed by atoms with van der Waals surface area (Å²) in [4.78, 5) is 8.95. The number of rotatable bonds is 5. The standard InChI is InChI=1S/C13H23N3O/c1-6-8-14-10-9-11(17-7-2)16-12(15-10)13(3,4)5/h9H,6-8H2,1-5H3,(H,14,15,16). The molecule has 96 valence electrons. The van der Waals surface area contributed by atoms with Crippen molar-refractivity contribution in [1.82, 2.24) is 9.97 Å². The Labute approximate surface area is 104 Å². The molecule has 4 heteroatoms. The molecule has 17 heavy (non-hydrogen) atoms. The second-order valence-electron chi connectivity index (χ2n) is 5.02. The molecule has 0 bridgehead atoms. The van der Waals surface area contributed by atoms with Gasteiger partial charge in [0.2, 0.25) is 5.88 Å². The summed E-state index contributed by atoms with van der Waals surface area (Å²) in [7, 11) is 0. The van der Waals surface area contributed by atoms with Gasteiger partial charge in [-0.25, -0.2) is 4.98 Å². The highest BCUT2D eigenvalue weighted by Crippen LogP contribution is 2.23. The molecule has 0 amide bonds. The molecule has 0 fully saturated rings. The van der Waals surface area contributed by atoms with E-state index in [0.717, 1.165) is 24.6 Å². The fourth-order valence-corrected chi connectivity index (χ4v) is 1.33. The summed E-state index contributed by atoms with van der Waals surface area (Å²) in [6.07, 6.45) is 1.07. The van der Waals surface area contributed by atoms with Crippen molar-refractivity contribution in [2.45, 2.75) is 46.5 Å². The van der Waals surface area contributed by atoms with Crippen LogP contribution in [-0.4, -0.2) is 23.1 Å². The number of nitrogens with one attached hydrogen (secondary N) is 1. The van der Waals surface area contributed by atoms with E-state index in [0.29, 0.717) is 12.5 Å². The molecule has 0 aliphatic rings. The monoisotopic (exact) mass is 237 g/mol. The molecule has 0 aromatic carbocycles. The zero-order valence-electron chi connectivity index (χ0n) is 11.5. The second kappa shape index (κ2) is 5.84. The van der Waals surface area contributed by atoms with Crippen molar-refractivity contribution in [1.29, 1.82) is 0 Å². The molecule has 0 atom stereocenters. The van der Waals surface area contributed by atoms with Gasteiger partial charge in [0.25, 0.3) is 0 Å². The van der Waals surface area contributed by atoms with Crippen LogP contribution in [0.1, 0.15) is 46.9 Å². The summed E-state index contributed by atoms with van der Waals surface area (Å²) in [6.45, 7) is 11.9. The van der Waals surface area contributed by atoms with Crippen LogP contribution in [0.3, 0.4) is 0 Å². The quantitative estimate of drug-likeness (QED) is 0.855. The van der Waals surface area contributed by atoms with Gasteiger partial charge in [-0.2, -0.15) is 4.98 Å². The van der Waals surface area contributed by atoms with Crippen LogP contribution in [0, 0.1) is 0 Å². The lowest BCUT2D eigenvalue weighted by Crippen LogP contribution is -2.18. The first-order valence-electron chi connectivity index (χ1n) is 6.23. The van der Waals surface area contributed by atoms with E-state index in [4.69, 9.17) is 4.74 Å². The summed E-state index contributed by atoms with van der Waals surface area (Å²) in [5, 5.41) is 3.27. The van der Waals surface area contributed by atoms with E-state index in [-0.39, 0.29) is 5.41 Å². The van der Waals surface area contributed by atoms with Crippen molar-refractivity contribution in [3.63, 3.8) is 0 Å².